The van der Waals surface area contributed by atoms with Crippen molar-refractivity contribution in [1.29, 1.82) is 0 Å². The number of hydrogen-bond donors (Lipinski definition) is 3. The molecule has 2 amide bonds. The van der Waals surface area contributed by atoms with E-state index in [0.29, 0.717) is 29.4 Å². The van der Waals surface area contributed by atoms with E-state index in [-0.39, 0.29) is 18.6 Å². The smallest absolute Gasteiger partial charge is 0.252 e. The van der Waals surface area contributed by atoms with Crippen molar-refractivity contribution in [2.45, 2.75) is 25.8 Å². The van der Waals surface area contributed by atoms with E-state index in [9.17, 15) is 9.59 Å². The maximum atomic E-state index is 12.7. The lowest BCUT2D eigenvalue weighted by Crippen LogP contribution is -2.43. The fourth-order valence-electron chi connectivity index (χ4n) is 3.05. The number of nitrogens with zero attached hydrogens (tertiary/aromatic N) is 1. The number of aromatic amines is 1. The van der Waals surface area contributed by atoms with Gasteiger partial charge in [-0.3, -0.25) is 14.9 Å². The summed E-state index contributed by atoms with van der Waals surface area (Å²) in [7, 11) is 0. The lowest BCUT2D eigenvalue weighted by Gasteiger charge is -2.17. The summed E-state index contributed by atoms with van der Waals surface area (Å²) < 4.78 is 10.6. The monoisotopic (exact) mass is 380 g/mol. The topological polar surface area (TPSA) is 105 Å². The van der Waals surface area contributed by atoms with Gasteiger partial charge in [-0.15, -0.1) is 0 Å². The molecule has 0 aliphatic carbocycles. The van der Waals surface area contributed by atoms with Gasteiger partial charge in [-0.05, 0) is 36.8 Å². The van der Waals surface area contributed by atoms with Crippen LogP contribution in [0.4, 0.5) is 5.95 Å². The molecule has 0 unspecified atom stereocenters. The third-order valence-corrected chi connectivity index (χ3v) is 4.46. The van der Waals surface area contributed by atoms with Crippen molar-refractivity contribution in [2.24, 2.45) is 0 Å². The zero-order valence-electron chi connectivity index (χ0n) is 15.3. The number of nitrogens with one attached hydrogen (secondary N) is 3. The fourth-order valence-corrected chi connectivity index (χ4v) is 3.05. The summed E-state index contributed by atoms with van der Waals surface area (Å²) in [6.45, 7) is 2.09. The Kier molecular flexibility index (Phi) is 4.84. The summed E-state index contributed by atoms with van der Waals surface area (Å²) >= 11 is 0. The molecule has 0 spiro atoms. The second-order valence-electron chi connectivity index (χ2n) is 6.47. The molecule has 2 heterocycles. The molecular weight excluding hydrogens is 360 g/mol. The van der Waals surface area contributed by atoms with Crippen molar-refractivity contribution >= 4 is 28.8 Å². The van der Waals surface area contributed by atoms with Crippen LogP contribution in [0.5, 0.6) is 11.5 Å². The molecule has 1 atom stereocenters. The Labute approximate surface area is 161 Å². The SMILES string of the molecule is CCC[C@H](NC(=O)c1ccc2c(c1)OCO2)C(=O)Nc1nc2ccccc2[nH]1. The minimum atomic E-state index is -0.684. The number of ether oxygens (including phenoxy) is 2. The molecule has 0 radical (unpaired) electrons. The van der Waals surface area contributed by atoms with Crippen molar-refractivity contribution < 1.29 is 19.1 Å². The van der Waals surface area contributed by atoms with Gasteiger partial charge in [0.15, 0.2) is 11.5 Å². The maximum Gasteiger partial charge on any atom is 0.252 e. The molecule has 8 heteroatoms. The van der Waals surface area contributed by atoms with Gasteiger partial charge in [0.25, 0.3) is 5.91 Å². The molecule has 8 nitrogen and oxygen atoms in total. The highest BCUT2D eigenvalue weighted by atomic mass is 16.7. The first-order valence-corrected chi connectivity index (χ1v) is 9.10. The molecule has 144 valence electrons. The lowest BCUT2D eigenvalue weighted by atomic mass is 10.1. The maximum absolute atomic E-state index is 12.7. The molecule has 0 saturated heterocycles. The van der Waals surface area contributed by atoms with Gasteiger partial charge < -0.3 is 19.8 Å². The number of imidazole rings is 1. The molecule has 0 fully saturated rings. The summed E-state index contributed by atoms with van der Waals surface area (Å²) in [5.41, 5.74) is 1.99. The van der Waals surface area contributed by atoms with Gasteiger partial charge in [0.2, 0.25) is 18.6 Å². The number of H-pyrrole nitrogens is 1. The van der Waals surface area contributed by atoms with Gasteiger partial charge in [-0.25, -0.2) is 4.98 Å². The molecule has 3 N–H and O–H groups in total. The molecular formula is C20H20N4O4. The van der Waals surface area contributed by atoms with E-state index in [1.807, 2.05) is 31.2 Å². The van der Waals surface area contributed by atoms with E-state index >= 15 is 0 Å². The van der Waals surface area contributed by atoms with Gasteiger partial charge >= 0.3 is 0 Å². The third kappa shape index (κ3) is 3.62. The molecule has 1 aromatic heterocycles. The summed E-state index contributed by atoms with van der Waals surface area (Å²) in [6.07, 6.45) is 1.24. The highest BCUT2D eigenvalue weighted by Gasteiger charge is 2.23. The van der Waals surface area contributed by atoms with E-state index in [0.717, 1.165) is 17.5 Å². The molecule has 1 aliphatic rings. The van der Waals surface area contributed by atoms with E-state index in [1.165, 1.54) is 0 Å². The van der Waals surface area contributed by atoms with Gasteiger partial charge in [-0.1, -0.05) is 25.5 Å². The summed E-state index contributed by atoms with van der Waals surface area (Å²) in [4.78, 5) is 32.7. The number of amides is 2. The van der Waals surface area contributed by atoms with Gasteiger partial charge in [0.1, 0.15) is 6.04 Å². The van der Waals surface area contributed by atoms with Crippen molar-refractivity contribution in [2.75, 3.05) is 12.1 Å². The Morgan fingerprint density at radius 2 is 2.00 bits per heavy atom. The number of hydrogen-bond acceptors (Lipinski definition) is 5. The molecule has 0 saturated carbocycles. The van der Waals surface area contributed by atoms with Crippen LogP contribution in [0.25, 0.3) is 11.0 Å². The average Bonchev–Trinajstić information content (AvgIpc) is 3.32. The normalized spacial score (nSPS) is 13.3. The van der Waals surface area contributed by atoms with Crippen LogP contribution in [0, 0.1) is 0 Å². The molecule has 1 aliphatic heterocycles. The number of carbonyl (C=O) groups is 2. The molecule has 3 aromatic rings. The Morgan fingerprint density at radius 1 is 1.18 bits per heavy atom. The fraction of sp³-hybridized carbons (Fsp3) is 0.250. The summed E-state index contributed by atoms with van der Waals surface area (Å²) in [5.74, 6) is 0.798. The van der Waals surface area contributed by atoms with Crippen molar-refractivity contribution in [1.82, 2.24) is 15.3 Å². The Bertz CT molecular complexity index is 997. The van der Waals surface area contributed by atoms with Crippen LogP contribution >= 0.6 is 0 Å². The number of rotatable bonds is 6. The molecule has 4 rings (SSSR count). The molecule has 2 aromatic carbocycles. The van der Waals surface area contributed by atoms with Crippen LogP contribution < -0.4 is 20.1 Å². The number of benzene rings is 2. The van der Waals surface area contributed by atoms with Crippen LogP contribution in [0.1, 0.15) is 30.1 Å². The van der Waals surface area contributed by atoms with E-state index in [4.69, 9.17) is 9.47 Å². The van der Waals surface area contributed by atoms with Crippen molar-refractivity contribution in [3.05, 3.63) is 48.0 Å². The van der Waals surface area contributed by atoms with Gasteiger partial charge in [0.05, 0.1) is 11.0 Å². The highest BCUT2D eigenvalue weighted by molar-refractivity contribution is 6.01. The number of carbonyl (C=O) groups excluding carboxylic acids is 2. The Morgan fingerprint density at radius 3 is 2.82 bits per heavy atom. The largest absolute Gasteiger partial charge is 0.454 e. The van der Waals surface area contributed by atoms with Crippen LogP contribution in [-0.4, -0.2) is 34.6 Å². The average molecular weight is 380 g/mol. The minimum absolute atomic E-state index is 0.138. The molecule has 28 heavy (non-hydrogen) atoms. The number of fused-ring (bicyclic) bond motifs is 2. The minimum Gasteiger partial charge on any atom is -0.454 e. The Balaban J connectivity index is 1.46. The van der Waals surface area contributed by atoms with E-state index in [2.05, 4.69) is 20.6 Å². The predicted octanol–water partition coefficient (Wildman–Crippen LogP) is 2.83. The van der Waals surface area contributed by atoms with E-state index in [1.54, 1.807) is 18.2 Å². The van der Waals surface area contributed by atoms with Crippen LogP contribution in [-0.2, 0) is 4.79 Å². The summed E-state index contributed by atoms with van der Waals surface area (Å²) in [6, 6.07) is 11.7. The first-order valence-electron chi connectivity index (χ1n) is 9.10. The second-order valence-corrected chi connectivity index (χ2v) is 6.47. The number of para-hydroxylation sites is 2. The Hall–Kier alpha value is -3.55. The van der Waals surface area contributed by atoms with Gasteiger partial charge in [0, 0.05) is 5.56 Å². The molecule has 0 bridgehead atoms. The zero-order valence-corrected chi connectivity index (χ0v) is 15.3. The van der Waals surface area contributed by atoms with Crippen LogP contribution in [0.3, 0.4) is 0 Å². The third-order valence-electron chi connectivity index (χ3n) is 4.46. The van der Waals surface area contributed by atoms with E-state index < -0.39 is 6.04 Å². The standard InChI is InChI=1S/C20H20N4O4/c1-2-5-15(19(26)24-20-22-13-6-3-4-7-14(13)23-20)21-18(25)12-8-9-16-17(10-12)28-11-27-16/h3-4,6-10,15H,2,5,11H2,1H3,(H,21,25)(H2,22,23,24,26)/t15-/m0/s1. The van der Waals surface area contributed by atoms with Crippen molar-refractivity contribution in [3.8, 4) is 11.5 Å². The lowest BCUT2D eigenvalue weighted by molar-refractivity contribution is -0.118. The first kappa shape index (κ1) is 17.8. The predicted molar refractivity (Wildman–Crippen MR) is 103 cm³/mol. The quantitative estimate of drug-likeness (QED) is 0.610. The number of aromatic nitrogens is 2. The zero-order chi connectivity index (χ0) is 19.5. The van der Waals surface area contributed by atoms with Gasteiger partial charge in [-0.2, -0.15) is 0 Å². The first-order chi connectivity index (χ1) is 13.6. The van der Waals surface area contributed by atoms with Crippen molar-refractivity contribution in [3.63, 3.8) is 0 Å². The van der Waals surface area contributed by atoms with Crippen LogP contribution in [0.2, 0.25) is 0 Å². The number of anilines is 1. The van der Waals surface area contributed by atoms with Crippen LogP contribution in [0.15, 0.2) is 42.5 Å². The summed E-state index contributed by atoms with van der Waals surface area (Å²) in [5, 5.41) is 5.54. The second kappa shape index (κ2) is 7.59. The highest BCUT2D eigenvalue weighted by Crippen LogP contribution is 2.32.